The van der Waals surface area contributed by atoms with Gasteiger partial charge in [0.2, 0.25) is 0 Å². The second-order valence-electron chi connectivity index (χ2n) is 49.3. The lowest BCUT2D eigenvalue weighted by molar-refractivity contribution is 0.486. The van der Waals surface area contributed by atoms with Crippen LogP contribution in [0.1, 0.15) is 237 Å². The maximum absolute atomic E-state index is 8.16. The van der Waals surface area contributed by atoms with E-state index in [1.165, 1.54) is 126 Å². The van der Waals surface area contributed by atoms with Crippen molar-refractivity contribution in [2.24, 2.45) is 0 Å². The van der Waals surface area contributed by atoms with Crippen molar-refractivity contribution in [3.63, 3.8) is 0 Å². The summed E-state index contributed by atoms with van der Waals surface area (Å²) >= 11 is 3.53. The first-order chi connectivity index (χ1) is 64.0. The minimum absolute atomic E-state index is 0.0568. The molecule has 17 aromatic rings. The molecule has 1 N–H and O–H groups in total. The molecule has 0 saturated heterocycles. The molecule has 0 spiro atoms. The average Bonchev–Trinajstić information content (AvgIpc) is 1.66. The second-order valence-corrected chi connectivity index (χ2v) is 50.7. The van der Waals surface area contributed by atoms with Crippen LogP contribution in [0.2, 0.25) is 0 Å². The monoisotopic (exact) mass is 1820 g/mol. The van der Waals surface area contributed by atoms with E-state index in [0.29, 0.717) is 0 Å². The van der Waals surface area contributed by atoms with Gasteiger partial charge in [-0.25, -0.2) is 0 Å². The minimum Gasteiger partial charge on any atom is -0.458 e. The van der Waals surface area contributed by atoms with Crippen molar-refractivity contribution >= 4 is 210 Å². The van der Waals surface area contributed by atoms with Crippen LogP contribution in [0.5, 0.6) is 23.0 Å². The highest BCUT2D eigenvalue weighted by atomic mass is 32.2. The van der Waals surface area contributed by atoms with Crippen LogP contribution in [0.3, 0.4) is 0 Å². The van der Waals surface area contributed by atoms with Gasteiger partial charge in [-0.2, -0.15) is 0 Å². The van der Waals surface area contributed by atoms with Gasteiger partial charge in [0.05, 0.1) is 67.2 Å². The van der Waals surface area contributed by atoms with Crippen LogP contribution in [-0.2, 0) is 48.7 Å². The molecule has 0 aliphatic carbocycles. The number of nitrogens with one attached hydrogen (secondary N) is 1. The predicted octanol–water partition coefficient (Wildman–Crippen LogP) is 27.7. The Labute approximate surface area is 814 Å². The Morgan fingerprint density at radius 1 is 0.221 bits per heavy atom. The number of ether oxygens (including phenoxy) is 2. The van der Waals surface area contributed by atoms with Gasteiger partial charge in [-0.15, -0.1) is 0 Å². The molecule has 14 heteroatoms. The van der Waals surface area contributed by atoms with E-state index in [2.05, 4.69) is 463 Å². The van der Waals surface area contributed by atoms with Crippen LogP contribution in [0.25, 0.3) is 82.5 Å². The molecule has 6 aliphatic heterocycles. The minimum atomic E-state index is -0.323. The SMILES string of the molecule is CSN1c2cc3c(cc2B2c4cc5c(cc4Oc4cc(-n6c7ccc(C(C)(C)C)cc7c7cc(C(C)(C)C)ccc76)cc1c42)N(SC)c1cc(-n2c4ccc(C(C)(C)C)cc4c4cc(C(C)(C)C)ccc42)cc2c1B5c1cc(C(C)(C)C)ccc1O2)B1c2cc(C(C)(C)C)ccc2N(c2ccc(C(C)(C)C)cc2)c2cc(-n4c5ccc(C(C)(C)C)cc5c5cc(C(C)(C)C)ccc54)cc(c21)N3. The highest BCUT2D eigenvalue weighted by molar-refractivity contribution is 8.00. The van der Waals surface area contributed by atoms with Gasteiger partial charge in [-0.05, 0) is 299 Å². The summed E-state index contributed by atoms with van der Waals surface area (Å²) in [5, 5.41) is 11.9. The third-order valence-corrected chi connectivity index (χ3v) is 32.4. The first-order valence-electron chi connectivity index (χ1n) is 49.2. The highest BCUT2D eigenvalue weighted by Gasteiger charge is 2.51. The van der Waals surface area contributed by atoms with Crippen LogP contribution in [0.4, 0.5) is 51.2 Å². The molecule has 0 atom stereocenters. The van der Waals surface area contributed by atoms with Crippen molar-refractivity contribution in [1.29, 1.82) is 0 Å². The summed E-state index contributed by atoms with van der Waals surface area (Å²) in [6.45, 7) is 62.3. The van der Waals surface area contributed by atoms with E-state index in [1.54, 1.807) is 23.9 Å². The molecule has 3 aromatic heterocycles. The molecule has 0 amide bonds. The van der Waals surface area contributed by atoms with Crippen molar-refractivity contribution < 1.29 is 9.47 Å². The van der Waals surface area contributed by atoms with E-state index in [9.17, 15) is 0 Å². The normalized spacial score (nSPS) is 14.7. The molecular formula is C122H126B3N7O2S2. The molecular weight excluding hydrogens is 1690 g/mol. The van der Waals surface area contributed by atoms with E-state index < -0.39 is 0 Å². The number of aromatic nitrogens is 3. The summed E-state index contributed by atoms with van der Waals surface area (Å²) in [4.78, 5) is 2.61. The summed E-state index contributed by atoms with van der Waals surface area (Å²) in [6.07, 6.45) is 4.52. The Bertz CT molecular complexity index is 7860. The fourth-order valence-corrected chi connectivity index (χ4v) is 24.5. The Hall–Kier alpha value is -11.8. The molecule has 9 heterocycles. The number of benzene rings is 14. The van der Waals surface area contributed by atoms with E-state index >= 15 is 0 Å². The number of fused-ring (bicyclic) bond motifs is 21. The van der Waals surface area contributed by atoms with Crippen LogP contribution in [-0.4, -0.2) is 46.4 Å². The zero-order chi connectivity index (χ0) is 95.7. The van der Waals surface area contributed by atoms with Gasteiger partial charge in [0.1, 0.15) is 23.0 Å². The molecule has 0 saturated carbocycles. The van der Waals surface area contributed by atoms with Gasteiger partial charge in [0, 0.05) is 97.2 Å². The number of hydrogen-bond donors (Lipinski definition) is 1. The van der Waals surface area contributed by atoms with E-state index in [-0.39, 0.29) is 68.9 Å². The molecule has 9 nitrogen and oxygen atoms in total. The smallest absolute Gasteiger partial charge is 0.256 e. The van der Waals surface area contributed by atoms with Gasteiger partial charge in [-0.1, -0.05) is 272 Å². The Morgan fingerprint density at radius 2 is 0.522 bits per heavy atom. The Kier molecular flexibility index (Phi) is 19.0. The van der Waals surface area contributed by atoms with Gasteiger partial charge in [0.15, 0.2) is 0 Å². The maximum atomic E-state index is 8.16. The number of anilines is 9. The zero-order valence-electron chi connectivity index (χ0n) is 85.0. The summed E-state index contributed by atoms with van der Waals surface area (Å²) in [5.41, 5.74) is 42.0. The second kappa shape index (κ2) is 29.4. The van der Waals surface area contributed by atoms with Gasteiger partial charge < -0.3 is 33.4 Å². The Morgan fingerprint density at radius 3 is 0.904 bits per heavy atom. The molecule has 0 radical (unpaired) electrons. The molecule has 0 fully saturated rings. The summed E-state index contributed by atoms with van der Waals surface area (Å²) in [5.74, 6) is 3.42. The lowest BCUT2D eigenvalue weighted by Crippen LogP contribution is -2.65. The summed E-state index contributed by atoms with van der Waals surface area (Å²) in [6, 6.07) is 92.3. The molecule has 0 bridgehead atoms. The first-order valence-corrected chi connectivity index (χ1v) is 51.5. The number of rotatable bonds is 6. The predicted molar refractivity (Wildman–Crippen MR) is 593 cm³/mol. The highest BCUT2D eigenvalue weighted by Crippen LogP contribution is 2.53. The Balaban J connectivity index is 0.796. The lowest BCUT2D eigenvalue weighted by Gasteiger charge is -2.44. The van der Waals surface area contributed by atoms with Crippen LogP contribution >= 0.6 is 23.9 Å². The molecule has 0 unspecified atom stereocenters. The fourth-order valence-electron chi connectivity index (χ4n) is 23.1. The summed E-state index contributed by atoms with van der Waals surface area (Å²) in [7, 11) is 0. The van der Waals surface area contributed by atoms with Gasteiger partial charge in [0.25, 0.3) is 20.1 Å². The van der Waals surface area contributed by atoms with Gasteiger partial charge >= 0.3 is 0 Å². The number of hydrogen-bond acceptors (Lipinski definition) is 8. The summed E-state index contributed by atoms with van der Waals surface area (Å²) < 4.78 is 28.5. The topological polar surface area (TPSA) is 55.0 Å². The molecule has 136 heavy (non-hydrogen) atoms. The first kappa shape index (κ1) is 88.2. The third-order valence-electron chi connectivity index (χ3n) is 30.9. The van der Waals surface area contributed by atoms with Crippen molar-refractivity contribution in [3.8, 4) is 40.1 Å². The molecule has 23 rings (SSSR count). The van der Waals surface area contributed by atoms with Crippen LogP contribution in [0.15, 0.2) is 231 Å². The van der Waals surface area contributed by atoms with Crippen molar-refractivity contribution in [2.75, 3.05) is 31.3 Å². The van der Waals surface area contributed by atoms with E-state index in [4.69, 9.17) is 9.47 Å². The quantitative estimate of drug-likeness (QED) is 0.131. The van der Waals surface area contributed by atoms with Crippen LogP contribution in [0, 0.1) is 0 Å². The third kappa shape index (κ3) is 13.5. The van der Waals surface area contributed by atoms with E-state index in [0.717, 1.165) is 129 Å². The number of nitrogens with zero attached hydrogens (tertiary/aromatic N) is 6. The molecule has 6 aliphatic rings. The van der Waals surface area contributed by atoms with Crippen molar-refractivity contribution in [2.45, 2.75) is 236 Å². The lowest BCUT2D eigenvalue weighted by atomic mass is 9.29. The van der Waals surface area contributed by atoms with Crippen molar-refractivity contribution in [1.82, 2.24) is 13.7 Å². The van der Waals surface area contributed by atoms with E-state index in [1.807, 2.05) is 0 Å². The molecule has 14 aromatic carbocycles. The zero-order valence-corrected chi connectivity index (χ0v) is 86.6. The van der Waals surface area contributed by atoms with Gasteiger partial charge in [-0.3, -0.25) is 8.61 Å². The standard InChI is InChI=1S/C122H126B3N7O2S2/c1-114(2,3)68-30-40-77(41-31-68)127-101-48-38-75(121(22,23)24)56-88(101)123-87-64-89-102(66-93(87)126-94-58-78(59-104(127)111(94)123)128-95-42-32-69(115(4,5)6)50-81(95)82-51-70(116(7,8)9)33-43-96(82)128)131(135-28)105-60-80(130-99-46-36-73(119(16,17)18)54-85(99)86-55-74(120(19,20)21)37-47-100(86)130)63-110-113(105)125(89)92-65-90-103(67-108(92)134-110)132(136-29)106-61-79(62-109-112(106)124(90)91-57-76(122(25,26)27)39-49-107(91)133-109)129-97-44-34-71(117(10,11)12)52-83(97)84-53-72(118(13,14)15)35-45-98(84)129/h30-67,126H,1-29H3. The largest absolute Gasteiger partial charge is 0.458 e. The fraction of sp³-hybridized carbons (Fsp3) is 0.311. The average molecular weight is 1820 g/mol. The van der Waals surface area contributed by atoms with Crippen molar-refractivity contribution in [3.05, 3.63) is 281 Å². The maximum Gasteiger partial charge on any atom is 0.256 e. The van der Waals surface area contributed by atoms with Crippen LogP contribution < -0.4 is 77.5 Å². The molecule has 682 valence electrons.